The second-order valence-corrected chi connectivity index (χ2v) is 6.51. The highest BCUT2D eigenvalue weighted by atomic mass is 16.3. The van der Waals surface area contributed by atoms with Crippen molar-refractivity contribution in [1.29, 1.82) is 0 Å². The lowest BCUT2D eigenvalue weighted by Crippen LogP contribution is -2.36. The van der Waals surface area contributed by atoms with E-state index in [1.165, 1.54) is 17.0 Å². The molecule has 146 valence electrons. The van der Waals surface area contributed by atoms with Crippen molar-refractivity contribution in [3.8, 4) is 5.75 Å². The molecule has 3 N–H and O–H groups in total. The molecule has 0 fully saturated rings. The van der Waals surface area contributed by atoms with Crippen LogP contribution in [0, 0.1) is 0 Å². The monoisotopic (exact) mass is 383 g/mol. The molecule has 0 aliphatic rings. The molecule has 0 atom stereocenters. The summed E-state index contributed by atoms with van der Waals surface area (Å²) >= 11 is 0. The lowest BCUT2D eigenvalue weighted by Gasteiger charge is -2.17. The van der Waals surface area contributed by atoms with E-state index in [2.05, 4.69) is 10.6 Å². The molecule has 0 saturated carbocycles. The number of hydrogen-bond donors (Lipinski definition) is 3. The largest absolute Gasteiger partial charge is 0.505 e. The smallest absolute Gasteiger partial charge is 0.257 e. The van der Waals surface area contributed by atoms with Gasteiger partial charge in [-0.3, -0.25) is 14.4 Å². The molecule has 0 bridgehead atoms. The third kappa shape index (κ3) is 3.48. The van der Waals surface area contributed by atoms with Crippen LogP contribution in [0.4, 0.5) is 17.1 Å². The number of aryl methyl sites for hydroxylation is 1. The third-order valence-electron chi connectivity index (χ3n) is 4.35. The predicted octanol–water partition coefficient (Wildman–Crippen LogP) is 2.20. The second-order valence-electron chi connectivity index (χ2n) is 6.51. The van der Waals surface area contributed by atoms with Crippen LogP contribution in [0.3, 0.4) is 0 Å². The van der Waals surface area contributed by atoms with Gasteiger partial charge in [-0.25, -0.2) is 0 Å². The van der Waals surface area contributed by atoms with Gasteiger partial charge in [0.15, 0.2) is 5.75 Å². The Balaban J connectivity index is 1.81. The average Bonchev–Trinajstić information content (AvgIpc) is 3.15. The second kappa shape index (κ2) is 7.59. The Morgan fingerprint density at radius 2 is 1.75 bits per heavy atom. The maximum atomic E-state index is 12.1. The summed E-state index contributed by atoms with van der Waals surface area (Å²) in [5.74, 6) is 0.789. The van der Waals surface area contributed by atoms with E-state index in [0.29, 0.717) is 5.76 Å². The first-order chi connectivity index (χ1) is 13.3. The molecule has 0 spiro atoms. The van der Waals surface area contributed by atoms with Gasteiger partial charge in [0.25, 0.3) is 16.8 Å². The third-order valence-corrected chi connectivity index (χ3v) is 4.35. The summed E-state index contributed by atoms with van der Waals surface area (Å²) in [6.45, 7) is 2.21. The molecule has 1 amide bonds. The molecule has 0 aliphatic carbocycles. The lowest BCUT2D eigenvalue weighted by molar-refractivity contribution is 0.0824. The first-order valence-corrected chi connectivity index (χ1v) is 8.78. The molecular formula is C20H21N3O5. The fourth-order valence-electron chi connectivity index (χ4n) is 2.75. The van der Waals surface area contributed by atoms with Gasteiger partial charge in [0.2, 0.25) is 0 Å². The number of carbonyl (C=O) groups excluding carboxylic acids is 1. The first kappa shape index (κ1) is 19.2. The summed E-state index contributed by atoms with van der Waals surface area (Å²) in [7, 11) is 3.14. The van der Waals surface area contributed by atoms with Crippen LogP contribution < -0.4 is 21.5 Å². The highest BCUT2D eigenvalue weighted by Crippen LogP contribution is 2.32. The number of aromatic hydroxyl groups is 1. The van der Waals surface area contributed by atoms with Crippen LogP contribution in [-0.2, 0) is 13.0 Å². The standard InChI is InChI=1S/C20H21N3O5/c1-4-11-8-9-12(28-11)10-21-15-16(19(26)18(15)25)22-14-7-5-6-13(17(14)24)20(27)23(2)3/h5-9,21-22,24H,4,10H2,1-3H3. The summed E-state index contributed by atoms with van der Waals surface area (Å²) in [6, 6.07) is 8.22. The highest BCUT2D eigenvalue weighted by Gasteiger charge is 2.23. The number of rotatable bonds is 7. The normalized spacial score (nSPS) is 10.8. The molecule has 1 aromatic heterocycles. The van der Waals surface area contributed by atoms with Gasteiger partial charge >= 0.3 is 0 Å². The van der Waals surface area contributed by atoms with Crippen molar-refractivity contribution in [2.75, 3.05) is 24.7 Å². The van der Waals surface area contributed by atoms with Crippen LogP contribution in [0.5, 0.6) is 5.75 Å². The van der Waals surface area contributed by atoms with Crippen molar-refractivity contribution >= 4 is 23.0 Å². The van der Waals surface area contributed by atoms with Gasteiger partial charge in [-0.05, 0) is 24.3 Å². The minimum absolute atomic E-state index is 0.0389. The Labute approximate surface area is 161 Å². The van der Waals surface area contributed by atoms with Crippen molar-refractivity contribution in [1.82, 2.24) is 4.90 Å². The molecule has 1 heterocycles. The quantitative estimate of drug-likeness (QED) is 0.423. The number of furan rings is 1. The predicted molar refractivity (Wildman–Crippen MR) is 106 cm³/mol. The SMILES string of the molecule is CCc1ccc(CNc2c(Nc3cccc(C(=O)N(C)C)c3O)c(=O)c2=O)o1. The molecule has 8 heteroatoms. The Morgan fingerprint density at radius 1 is 1.07 bits per heavy atom. The zero-order valence-corrected chi connectivity index (χ0v) is 15.8. The van der Waals surface area contributed by atoms with E-state index in [4.69, 9.17) is 4.42 Å². The minimum Gasteiger partial charge on any atom is -0.505 e. The van der Waals surface area contributed by atoms with Crippen molar-refractivity contribution in [2.45, 2.75) is 19.9 Å². The van der Waals surface area contributed by atoms with Gasteiger partial charge in [0.05, 0.1) is 17.8 Å². The van der Waals surface area contributed by atoms with Crippen molar-refractivity contribution in [3.63, 3.8) is 0 Å². The number of hydrogen-bond acceptors (Lipinski definition) is 7. The maximum Gasteiger partial charge on any atom is 0.257 e. The van der Waals surface area contributed by atoms with Gasteiger partial charge in [-0.15, -0.1) is 0 Å². The van der Waals surface area contributed by atoms with Gasteiger partial charge in [-0.1, -0.05) is 13.0 Å². The van der Waals surface area contributed by atoms with E-state index in [1.807, 2.05) is 13.0 Å². The van der Waals surface area contributed by atoms with E-state index in [-0.39, 0.29) is 40.8 Å². The molecule has 28 heavy (non-hydrogen) atoms. The van der Waals surface area contributed by atoms with E-state index in [1.54, 1.807) is 26.2 Å². The molecule has 0 unspecified atom stereocenters. The van der Waals surface area contributed by atoms with Crippen LogP contribution in [0.1, 0.15) is 28.8 Å². The van der Waals surface area contributed by atoms with Gasteiger partial charge in [0.1, 0.15) is 22.9 Å². The zero-order valence-electron chi connectivity index (χ0n) is 15.8. The molecular weight excluding hydrogens is 362 g/mol. The van der Waals surface area contributed by atoms with Crippen molar-refractivity contribution in [3.05, 3.63) is 67.9 Å². The summed E-state index contributed by atoms with van der Waals surface area (Å²) in [5, 5.41) is 16.0. The summed E-state index contributed by atoms with van der Waals surface area (Å²) in [5.41, 5.74) is -0.940. The van der Waals surface area contributed by atoms with E-state index in [9.17, 15) is 19.5 Å². The van der Waals surface area contributed by atoms with Gasteiger partial charge in [-0.2, -0.15) is 0 Å². The minimum atomic E-state index is -0.695. The fourth-order valence-corrected chi connectivity index (χ4v) is 2.75. The lowest BCUT2D eigenvalue weighted by atomic mass is 10.1. The number of benzene rings is 1. The molecule has 0 saturated heterocycles. The highest BCUT2D eigenvalue weighted by molar-refractivity contribution is 5.99. The van der Waals surface area contributed by atoms with Gasteiger partial charge < -0.3 is 25.1 Å². The maximum absolute atomic E-state index is 12.1. The number of para-hydroxylation sites is 1. The number of carbonyl (C=O) groups is 1. The van der Waals surface area contributed by atoms with E-state index in [0.717, 1.165) is 12.2 Å². The molecule has 3 aromatic rings. The van der Waals surface area contributed by atoms with Crippen LogP contribution in [0.2, 0.25) is 0 Å². The summed E-state index contributed by atoms with van der Waals surface area (Å²) in [6.07, 6.45) is 0.758. The van der Waals surface area contributed by atoms with Crippen LogP contribution in [0.15, 0.2) is 44.3 Å². The topological polar surface area (TPSA) is 112 Å². The average molecular weight is 383 g/mol. The van der Waals surface area contributed by atoms with Crippen LogP contribution in [-0.4, -0.2) is 30.0 Å². The number of phenols is 1. The Kier molecular flexibility index (Phi) is 5.21. The number of amides is 1. The molecule has 8 nitrogen and oxygen atoms in total. The Hall–Kier alpha value is -3.55. The molecule has 2 aromatic carbocycles. The number of anilines is 3. The van der Waals surface area contributed by atoms with Crippen molar-refractivity contribution in [2.24, 2.45) is 0 Å². The van der Waals surface area contributed by atoms with E-state index >= 15 is 0 Å². The van der Waals surface area contributed by atoms with Gasteiger partial charge in [0, 0.05) is 20.5 Å². The molecule has 0 aliphatic heterocycles. The zero-order chi connectivity index (χ0) is 20.4. The van der Waals surface area contributed by atoms with Crippen molar-refractivity contribution < 1.29 is 14.3 Å². The Morgan fingerprint density at radius 3 is 2.39 bits per heavy atom. The number of nitrogens with zero attached hydrogens (tertiary/aromatic N) is 1. The molecule has 3 rings (SSSR count). The summed E-state index contributed by atoms with van der Waals surface area (Å²) < 4.78 is 5.57. The number of phenolic OH excluding ortho intramolecular Hbond substituents is 1. The first-order valence-electron chi connectivity index (χ1n) is 8.78. The van der Waals surface area contributed by atoms with E-state index < -0.39 is 10.9 Å². The number of nitrogens with one attached hydrogen (secondary N) is 2. The Bertz CT molecular complexity index is 1090. The van der Waals surface area contributed by atoms with Crippen LogP contribution in [0.25, 0.3) is 0 Å². The summed E-state index contributed by atoms with van der Waals surface area (Å²) in [4.78, 5) is 37.4. The molecule has 0 radical (unpaired) electrons. The van der Waals surface area contributed by atoms with Crippen LogP contribution >= 0.6 is 0 Å². The fraction of sp³-hybridized carbons (Fsp3) is 0.250.